The van der Waals surface area contributed by atoms with Crippen molar-refractivity contribution in [3.8, 4) is 0 Å². The van der Waals surface area contributed by atoms with Crippen LogP contribution in [0.4, 0.5) is 0 Å². The van der Waals surface area contributed by atoms with Crippen molar-refractivity contribution in [2.75, 3.05) is 13.2 Å². The van der Waals surface area contributed by atoms with Crippen LogP contribution in [0.5, 0.6) is 0 Å². The Bertz CT molecular complexity index is 514. The van der Waals surface area contributed by atoms with Crippen molar-refractivity contribution >= 4 is 11.9 Å². The molecule has 1 rings (SSSR count). The number of hydrogen-bond acceptors (Lipinski definition) is 4. The zero-order chi connectivity index (χ0) is 18.9. The average Bonchev–Trinajstić information content (AvgIpc) is 2.56. The largest absolute Gasteiger partial charge is 0.462 e. The van der Waals surface area contributed by atoms with Gasteiger partial charge < -0.3 is 9.47 Å². The molecule has 0 bridgehead atoms. The lowest BCUT2D eigenvalue weighted by Crippen LogP contribution is -2.25. The van der Waals surface area contributed by atoms with E-state index in [1.807, 2.05) is 39.8 Å². The van der Waals surface area contributed by atoms with E-state index in [1.165, 1.54) is 0 Å². The molecule has 0 N–H and O–H groups in total. The number of esters is 2. The fraction of sp³-hybridized carbons (Fsp3) is 0.619. The van der Waals surface area contributed by atoms with E-state index < -0.39 is 11.9 Å². The monoisotopic (exact) mass is 348 g/mol. The lowest BCUT2D eigenvalue weighted by atomic mass is 9.76. The van der Waals surface area contributed by atoms with Crippen LogP contribution in [0.25, 0.3) is 0 Å². The van der Waals surface area contributed by atoms with Crippen molar-refractivity contribution in [1.29, 1.82) is 0 Å². The van der Waals surface area contributed by atoms with Crippen molar-refractivity contribution in [2.45, 2.75) is 53.9 Å². The summed E-state index contributed by atoms with van der Waals surface area (Å²) in [5.74, 6) is -0.778. The fourth-order valence-electron chi connectivity index (χ4n) is 2.64. The summed E-state index contributed by atoms with van der Waals surface area (Å²) in [5.41, 5.74) is -0.332. The number of allylic oxidation sites excluding steroid dienone is 5. The van der Waals surface area contributed by atoms with Crippen LogP contribution < -0.4 is 0 Å². The van der Waals surface area contributed by atoms with Crippen LogP contribution in [0, 0.1) is 17.3 Å². The SMILES string of the molecule is CCCC1(C=C(C(=O)OCC(C)C)C(=O)OCC(C)C)C=CC=CC1. The van der Waals surface area contributed by atoms with Crippen molar-refractivity contribution in [1.82, 2.24) is 0 Å². The normalized spacial score (nSPS) is 19.2. The molecule has 25 heavy (non-hydrogen) atoms. The molecule has 0 fully saturated rings. The second-order valence-corrected chi connectivity index (χ2v) is 7.52. The number of carbonyl (C=O) groups is 2. The van der Waals surface area contributed by atoms with Gasteiger partial charge in [0.05, 0.1) is 13.2 Å². The summed E-state index contributed by atoms with van der Waals surface area (Å²) in [5, 5.41) is 0. The highest BCUT2D eigenvalue weighted by Gasteiger charge is 2.30. The van der Waals surface area contributed by atoms with Crippen molar-refractivity contribution in [3.05, 3.63) is 36.0 Å². The Morgan fingerprint density at radius 3 is 2.00 bits per heavy atom. The van der Waals surface area contributed by atoms with Crippen LogP contribution in [-0.2, 0) is 19.1 Å². The second kappa shape index (κ2) is 10.2. The quantitative estimate of drug-likeness (QED) is 0.264. The van der Waals surface area contributed by atoms with Gasteiger partial charge in [-0.2, -0.15) is 0 Å². The first kappa shape index (κ1) is 21.2. The summed E-state index contributed by atoms with van der Waals surface area (Å²) in [6, 6.07) is 0. The van der Waals surface area contributed by atoms with Gasteiger partial charge in [-0.15, -0.1) is 0 Å². The summed E-state index contributed by atoms with van der Waals surface area (Å²) in [6.07, 6.45) is 12.4. The van der Waals surface area contributed by atoms with Gasteiger partial charge in [0.2, 0.25) is 0 Å². The van der Waals surface area contributed by atoms with Crippen molar-refractivity contribution < 1.29 is 19.1 Å². The average molecular weight is 348 g/mol. The molecule has 0 radical (unpaired) electrons. The van der Waals surface area contributed by atoms with E-state index in [1.54, 1.807) is 6.08 Å². The van der Waals surface area contributed by atoms with Gasteiger partial charge in [0.25, 0.3) is 0 Å². The maximum Gasteiger partial charge on any atom is 0.345 e. The van der Waals surface area contributed by atoms with Crippen LogP contribution in [-0.4, -0.2) is 25.2 Å². The second-order valence-electron chi connectivity index (χ2n) is 7.52. The maximum atomic E-state index is 12.5. The summed E-state index contributed by atoms with van der Waals surface area (Å²) in [4.78, 5) is 25.0. The molecule has 0 spiro atoms. The molecule has 0 saturated heterocycles. The summed E-state index contributed by atoms with van der Waals surface area (Å²) in [7, 11) is 0. The molecule has 4 heteroatoms. The Morgan fingerprint density at radius 1 is 1.04 bits per heavy atom. The lowest BCUT2D eigenvalue weighted by Gasteiger charge is -2.28. The van der Waals surface area contributed by atoms with E-state index in [4.69, 9.17) is 9.47 Å². The molecule has 1 unspecified atom stereocenters. The van der Waals surface area contributed by atoms with Gasteiger partial charge in [0, 0.05) is 5.41 Å². The lowest BCUT2D eigenvalue weighted by molar-refractivity contribution is -0.148. The Balaban J connectivity index is 3.09. The van der Waals surface area contributed by atoms with Gasteiger partial charge in [-0.1, -0.05) is 71.4 Å². The molecule has 0 aromatic rings. The topological polar surface area (TPSA) is 52.6 Å². The van der Waals surface area contributed by atoms with Crippen LogP contribution in [0.1, 0.15) is 53.9 Å². The minimum Gasteiger partial charge on any atom is -0.462 e. The first-order valence-electron chi connectivity index (χ1n) is 9.21. The van der Waals surface area contributed by atoms with E-state index in [2.05, 4.69) is 19.1 Å². The van der Waals surface area contributed by atoms with E-state index in [0.717, 1.165) is 19.3 Å². The maximum absolute atomic E-state index is 12.5. The summed E-state index contributed by atoms with van der Waals surface area (Å²) in [6.45, 7) is 10.5. The number of ether oxygens (including phenoxy) is 2. The van der Waals surface area contributed by atoms with Crippen molar-refractivity contribution in [3.63, 3.8) is 0 Å². The molecule has 140 valence electrons. The fourth-order valence-corrected chi connectivity index (χ4v) is 2.64. The first-order valence-corrected chi connectivity index (χ1v) is 9.21. The highest BCUT2D eigenvalue weighted by atomic mass is 16.6. The molecule has 0 amide bonds. The van der Waals surface area contributed by atoms with E-state index >= 15 is 0 Å². The van der Waals surface area contributed by atoms with Gasteiger partial charge in [-0.05, 0) is 24.7 Å². The molecule has 1 aliphatic carbocycles. The molecule has 0 aromatic heterocycles. The molecule has 0 aliphatic heterocycles. The van der Waals surface area contributed by atoms with Gasteiger partial charge >= 0.3 is 11.9 Å². The molecule has 4 nitrogen and oxygen atoms in total. The molecular formula is C21H32O4. The number of rotatable bonds is 9. The van der Waals surface area contributed by atoms with Crippen LogP contribution in [0.15, 0.2) is 36.0 Å². The third kappa shape index (κ3) is 7.29. The van der Waals surface area contributed by atoms with Gasteiger partial charge in [0.15, 0.2) is 0 Å². The molecule has 1 atom stereocenters. The molecular weight excluding hydrogens is 316 g/mol. The molecule has 0 aromatic carbocycles. The standard InChI is InChI=1S/C21H32O4/c1-6-10-21(11-8-7-9-12-21)13-18(19(22)24-14-16(2)3)20(23)25-15-17(4)5/h7-9,11,13,16-17H,6,10,12,14-15H2,1-5H3. The van der Waals surface area contributed by atoms with Crippen molar-refractivity contribution in [2.24, 2.45) is 17.3 Å². The minimum absolute atomic E-state index is 0.00898. The Morgan fingerprint density at radius 2 is 1.60 bits per heavy atom. The molecule has 0 heterocycles. The Kier molecular flexibility index (Phi) is 8.67. The smallest absolute Gasteiger partial charge is 0.345 e. The number of carbonyl (C=O) groups excluding carboxylic acids is 2. The van der Waals surface area contributed by atoms with Crippen LogP contribution in [0.3, 0.4) is 0 Å². The Labute approximate surface area is 152 Å². The van der Waals surface area contributed by atoms with Gasteiger partial charge in [0.1, 0.15) is 5.57 Å². The van der Waals surface area contributed by atoms with Crippen LogP contribution in [0.2, 0.25) is 0 Å². The van der Waals surface area contributed by atoms with E-state index in [9.17, 15) is 9.59 Å². The zero-order valence-corrected chi connectivity index (χ0v) is 16.2. The predicted octanol–water partition coefficient (Wildman–Crippen LogP) is 4.61. The highest BCUT2D eigenvalue weighted by molar-refractivity contribution is 6.14. The first-order chi connectivity index (χ1) is 11.8. The minimum atomic E-state index is -0.596. The number of hydrogen-bond donors (Lipinski definition) is 0. The predicted molar refractivity (Wildman–Crippen MR) is 99.9 cm³/mol. The van der Waals surface area contributed by atoms with E-state index in [0.29, 0.717) is 0 Å². The Hall–Kier alpha value is -1.84. The molecule has 0 saturated carbocycles. The summed E-state index contributed by atoms with van der Waals surface area (Å²) >= 11 is 0. The highest BCUT2D eigenvalue weighted by Crippen LogP contribution is 2.36. The van der Waals surface area contributed by atoms with Gasteiger partial charge in [-0.25, -0.2) is 9.59 Å². The zero-order valence-electron chi connectivity index (χ0n) is 16.2. The summed E-state index contributed by atoms with van der Waals surface area (Å²) < 4.78 is 10.6. The molecule has 1 aliphatic rings. The van der Waals surface area contributed by atoms with Crippen LogP contribution >= 0.6 is 0 Å². The third-order valence-corrected chi connectivity index (χ3v) is 3.86. The third-order valence-electron chi connectivity index (χ3n) is 3.86. The van der Waals surface area contributed by atoms with E-state index in [-0.39, 0.29) is 36.0 Å². The van der Waals surface area contributed by atoms with Gasteiger partial charge in [-0.3, -0.25) is 0 Å².